The molecule has 3 nitrogen and oxygen atoms in total. The van der Waals surface area contributed by atoms with Crippen molar-refractivity contribution in [3.63, 3.8) is 0 Å². The Labute approximate surface area is 272 Å². The lowest BCUT2D eigenvalue weighted by molar-refractivity contribution is 0.669. The molecule has 0 spiro atoms. The molecule has 0 atom stereocenters. The number of para-hydroxylation sites is 1. The highest BCUT2D eigenvalue weighted by molar-refractivity contribution is 7.26. The van der Waals surface area contributed by atoms with Crippen molar-refractivity contribution in [2.45, 2.75) is 0 Å². The van der Waals surface area contributed by atoms with Gasteiger partial charge >= 0.3 is 0 Å². The molecule has 0 fully saturated rings. The largest absolute Gasteiger partial charge is 0.456 e. The van der Waals surface area contributed by atoms with Gasteiger partial charge in [-0.15, -0.1) is 22.7 Å². The van der Waals surface area contributed by atoms with Crippen LogP contribution in [0.3, 0.4) is 0 Å². The van der Waals surface area contributed by atoms with Crippen molar-refractivity contribution in [1.29, 1.82) is 0 Å². The molecule has 5 heteroatoms. The summed E-state index contributed by atoms with van der Waals surface area (Å²) in [6.45, 7) is 0. The second-order valence-corrected chi connectivity index (χ2v) is 13.7. The minimum absolute atomic E-state index is 0.895. The third-order valence-electron chi connectivity index (χ3n) is 8.98. The number of benzene rings is 6. The Balaban J connectivity index is 1.15. The lowest BCUT2D eigenvalue weighted by Crippen LogP contribution is -2.09. The van der Waals surface area contributed by atoms with Gasteiger partial charge in [-0.1, -0.05) is 66.7 Å². The van der Waals surface area contributed by atoms with Gasteiger partial charge in [0.25, 0.3) is 0 Å². The molecule has 0 saturated carbocycles. The summed E-state index contributed by atoms with van der Waals surface area (Å²) in [7, 11) is 0. The Bertz CT molecular complexity index is 2660. The van der Waals surface area contributed by atoms with Gasteiger partial charge in [0.15, 0.2) is 0 Å². The number of anilines is 3. The van der Waals surface area contributed by atoms with Crippen molar-refractivity contribution in [2.24, 2.45) is 0 Å². The minimum atomic E-state index is 0.895. The third kappa shape index (κ3) is 3.92. The number of aromatic nitrogens is 1. The molecule has 46 heavy (non-hydrogen) atoms. The molecule has 4 aromatic heterocycles. The van der Waals surface area contributed by atoms with Crippen molar-refractivity contribution in [3.8, 4) is 11.1 Å². The topological polar surface area (TPSA) is 29.3 Å². The molecule has 0 unspecified atom stereocenters. The van der Waals surface area contributed by atoms with Crippen LogP contribution in [0.2, 0.25) is 0 Å². The van der Waals surface area contributed by atoms with Crippen molar-refractivity contribution in [1.82, 2.24) is 4.98 Å². The number of furan rings is 1. The first kappa shape index (κ1) is 25.8. The van der Waals surface area contributed by atoms with Gasteiger partial charge in [0.2, 0.25) is 0 Å². The van der Waals surface area contributed by atoms with E-state index in [-0.39, 0.29) is 0 Å². The SMILES string of the molecule is c1ccc2c(c1)oc1ccc(N(c3ccc(-c4cccc5c4sc4cnccc45)cc3)c3ccc4sc5ccccc5c4c3)cc12. The molecule has 0 saturated heterocycles. The maximum Gasteiger partial charge on any atom is 0.135 e. The van der Waals surface area contributed by atoms with Crippen molar-refractivity contribution >= 4 is 102 Å². The summed E-state index contributed by atoms with van der Waals surface area (Å²) in [5.74, 6) is 0. The Morgan fingerprint density at radius 2 is 1.17 bits per heavy atom. The van der Waals surface area contributed by atoms with Crippen LogP contribution in [0.4, 0.5) is 17.1 Å². The van der Waals surface area contributed by atoms with Crippen molar-refractivity contribution in [2.75, 3.05) is 4.90 Å². The van der Waals surface area contributed by atoms with E-state index in [1.807, 2.05) is 47.2 Å². The Morgan fingerprint density at radius 1 is 0.478 bits per heavy atom. The lowest BCUT2D eigenvalue weighted by atomic mass is 10.0. The fourth-order valence-electron chi connectivity index (χ4n) is 6.82. The smallest absolute Gasteiger partial charge is 0.135 e. The van der Waals surface area contributed by atoms with Crippen LogP contribution in [-0.4, -0.2) is 4.98 Å². The van der Waals surface area contributed by atoms with Crippen LogP contribution < -0.4 is 4.90 Å². The molecule has 0 radical (unpaired) electrons. The van der Waals surface area contributed by atoms with Crippen LogP contribution in [0.25, 0.3) is 73.4 Å². The molecule has 0 amide bonds. The summed E-state index contributed by atoms with van der Waals surface area (Å²) < 4.78 is 11.3. The standard InChI is InChI=1S/C41H24N2OS2/c1-3-10-36-30(6-1)34-22-27(16-18-37(34)44-36)43(28-17-19-39-35(23-28)31-7-2-4-11-38(31)45-39)26-14-12-25(13-15-26)29-8-5-9-33-32-20-21-42-24-40(32)46-41(29)33/h1-24H. The zero-order valence-corrected chi connectivity index (χ0v) is 26.1. The molecule has 4 heterocycles. The molecule has 6 aromatic carbocycles. The zero-order chi connectivity index (χ0) is 30.2. The predicted octanol–water partition coefficient (Wildman–Crippen LogP) is 12.9. The third-order valence-corrected chi connectivity index (χ3v) is 11.3. The minimum Gasteiger partial charge on any atom is -0.456 e. The van der Waals surface area contributed by atoms with Crippen LogP contribution in [-0.2, 0) is 0 Å². The molecule has 0 aliphatic heterocycles. The molecular formula is C41H24N2OS2. The van der Waals surface area contributed by atoms with E-state index in [1.165, 1.54) is 51.5 Å². The summed E-state index contributed by atoms with van der Waals surface area (Å²) in [4.78, 5) is 6.73. The van der Waals surface area contributed by atoms with Gasteiger partial charge in [0.1, 0.15) is 11.2 Å². The van der Waals surface area contributed by atoms with Crippen LogP contribution in [0.1, 0.15) is 0 Å². The second kappa shape index (κ2) is 10.0. The number of hydrogen-bond acceptors (Lipinski definition) is 5. The van der Waals surface area contributed by atoms with E-state index in [2.05, 4.69) is 131 Å². The molecule has 0 aliphatic carbocycles. The monoisotopic (exact) mass is 624 g/mol. The quantitative estimate of drug-likeness (QED) is 0.195. The summed E-state index contributed by atoms with van der Waals surface area (Å²) in [5, 5.41) is 7.35. The van der Waals surface area contributed by atoms with E-state index in [0.29, 0.717) is 0 Å². The van der Waals surface area contributed by atoms with Gasteiger partial charge in [0.05, 0.1) is 4.70 Å². The number of hydrogen-bond donors (Lipinski definition) is 0. The van der Waals surface area contributed by atoms with E-state index in [0.717, 1.165) is 39.0 Å². The highest BCUT2D eigenvalue weighted by atomic mass is 32.1. The summed E-state index contributed by atoms with van der Waals surface area (Å²) in [5.41, 5.74) is 7.55. The fourth-order valence-corrected chi connectivity index (χ4v) is 9.12. The molecule has 0 aliphatic rings. The fraction of sp³-hybridized carbons (Fsp3) is 0. The molecular weight excluding hydrogens is 601 g/mol. The number of nitrogens with zero attached hydrogens (tertiary/aromatic N) is 2. The first-order valence-corrected chi connectivity index (χ1v) is 16.9. The van der Waals surface area contributed by atoms with Crippen LogP contribution in [0.15, 0.2) is 150 Å². The summed E-state index contributed by atoms with van der Waals surface area (Å²) in [6.07, 6.45) is 3.85. The van der Waals surface area contributed by atoms with Crippen molar-refractivity contribution < 1.29 is 4.42 Å². The molecule has 0 bridgehead atoms. The number of rotatable bonds is 4. The first-order valence-electron chi connectivity index (χ1n) is 15.3. The van der Waals surface area contributed by atoms with E-state index in [4.69, 9.17) is 4.42 Å². The first-order chi connectivity index (χ1) is 22.8. The average Bonchev–Trinajstić information content (AvgIpc) is 3.80. The lowest BCUT2D eigenvalue weighted by Gasteiger charge is -2.26. The maximum atomic E-state index is 6.20. The van der Waals surface area contributed by atoms with E-state index in [9.17, 15) is 0 Å². The van der Waals surface area contributed by atoms with Crippen LogP contribution in [0, 0.1) is 0 Å². The Morgan fingerprint density at radius 3 is 2.09 bits per heavy atom. The van der Waals surface area contributed by atoms with Crippen molar-refractivity contribution in [3.05, 3.63) is 146 Å². The van der Waals surface area contributed by atoms with E-state index < -0.39 is 0 Å². The second-order valence-electron chi connectivity index (χ2n) is 11.6. The highest BCUT2D eigenvalue weighted by Gasteiger charge is 2.18. The zero-order valence-electron chi connectivity index (χ0n) is 24.5. The van der Waals surface area contributed by atoms with E-state index in [1.54, 1.807) is 0 Å². The van der Waals surface area contributed by atoms with Crippen LogP contribution >= 0.6 is 22.7 Å². The molecule has 10 aromatic rings. The average molecular weight is 625 g/mol. The normalized spacial score (nSPS) is 11.9. The Kier molecular flexibility index (Phi) is 5.61. The molecule has 216 valence electrons. The van der Waals surface area contributed by atoms with Gasteiger partial charge < -0.3 is 9.32 Å². The number of pyridine rings is 1. The van der Waals surface area contributed by atoms with Crippen LogP contribution in [0.5, 0.6) is 0 Å². The number of fused-ring (bicyclic) bond motifs is 9. The van der Waals surface area contributed by atoms with Gasteiger partial charge in [-0.2, -0.15) is 0 Å². The molecule has 0 N–H and O–H groups in total. The Hall–Kier alpha value is -5.49. The molecule has 10 rings (SSSR count). The van der Waals surface area contributed by atoms with Gasteiger partial charge in [0, 0.05) is 75.9 Å². The summed E-state index contributed by atoms with van der Waals surface area (Å²) >= 11 is 3.66. The highest BCUT2D eigenvalue weighted by Crippen LogP contribution is 2.44. The van der Waals surface area contributed by atoms with Gasteiger partial charge in [-0.05, 0) is 77.9 Å². The summed E-state index contributed by atoms with van der Waals surface area (Å²) in [6, 6.07) is 48.1. The van der Waals surface area contributed by atoms with Gasteiger partial charge in [-0.3, -0.25) is 4.98 Å². The predicted molar refractivity (Wildman–Crippen MR) is 197 cm³/mol. The number of thiophene rings is 2. The van der Waals surface area contributed by atoms with E-state index >= 15 is 0 Å². The van der Waals surface area contributed by atoms with Gasteiger partial charge in [-0.25, -0.2) is 0 Å². The maximum absolute atomic E-state index is 6.20.